The van der Waals surface area contributed by atoms with E-state index in [2.05, 4.69) is 10.6 Å². The van der Waals surface area contributed by atoms with Gasteiger partial charge in [-0.3, -0.25) is 9.59 Å². The molecule has 0 bridgehead atoms. The van der Waals surface area contributed by atoms with E-state index in [0.717, 1.165) is 24.1 Å². The summed E-state index contributed by atoms with van der Waals surface area (Å²) in [6.07, 6.45) is 2.98. The lowest BCUT2D eigenvalue weighted by Gasteiger charge is -2.26. The molecule has 0 saturated heterocycles. The van der Waals surface area contributed by atoms with Gasteiger partial charge in [0.1, 0.15) is 5.82 Å². The molecule has 1 fully saturated rings. The minimum atomic E-state index is -0.722. The van der Waals surface area contributed by atoms with Gasteiger partial charge in [-0.15, -0.1) is 0 Å². The number of anilines is 1. The van der Waals surface area contributed by atoms with Crippen LogP contribution in [-0.4, -0.2) is 23.5 Å². The molecule has 1 atom stereocenters. The second-order valence-electron chi connectivity index (χ2n) is 8.33. The second-order valence-corrected chi connectivity index (χ2v) is 8.73. The Morgan fingerprint density at radius 2 is 1.87 bits per heavy atom. The first-order valence-corrected chi connectivity index (χ1v) is 11.0. The maximum absolute atomic E-state index is 13.6. The molecule has 2 aromatic carbocycles. The van der Waals surface area contributed by atoms with Crippen LogP contribution in [0, 0.1) is 24.6 Å². The number of nitrogens with one attached hydrogen (secondary N) is 2. The van der Waals surface area contributed by atoms with Crippen LogP contribution in [0.2, 0.25) is 5.02 Å². The van der Waals surface area contributed by atoms with Crippen molar-refractivity contribution < 1.29 is 19.1 Å². The minimum absolute atomic E-state index is 0.142. The van der Waals surface area contributed by atoms with E-state index < -0.39 is 5.97 Å². The van der Waals surface area contributed by atoms with E-state index in [1.165, 1.54) is 12.1 Å². The smallest absolute Gasteiger partial charge is 0.306 e. The van der Waals surface area contributed by atoms with Crippen molar-refractivity contribution in [3.05, 3.63) is 63.9 Å². The summed E-state index contributed by atoms with van der Waals surface area (Å²) in [5.41, 5.74) is 2.98. The molecule has 1 amide bonds. The van der Waals surface area contributed by atoms with Crippen LogP contribution in [0.3, 0.4) is 0 Å². The van der Waals surface area contributed by atoms with Crippen LogP contribution in [0.15, 0.2) is 36.4 Å². The molecule has 5 nitrogen and oxygen atoms in total. The fraction of sp³-hybridized carbons (Fsp3) is 0.417. The first-order chi connectivity index (χ1) is 14.7. The summed E-state index contributed by atoms with van der Waals surface area (Å²) < 4.78 is 13.6. The van der Waals surface area contributed by atoms with E-state index in [9.17, 15) is 14.0 Å². The van der Waals surface area contributed by atoms with Gasteiger partial charge in [0, 0.05) is 22.8 Å². The SMILES string of the molecule is Cc1cc(C(=O)NC[C@H]2CC[C@H](C(=O)O)CC2)ccc1N[C@@H](C)c1cc(F)ccc1Cl. The van der Waals surface area contributed by atoms with Gasteiger partial charge < -0.3 is 15.7 Å². The zero-order chi connectivity index (χ0) is 22.5. The van der Waals surface area contributed by atoms with Gasteiger partial charge in [-0.2, -0.15) is 0 Å². The average Bonchev–Trinajstić information content (AvgIpc) is 2.75. The van der Waals surface area contributed by atoms with Gasteiger partial charge in [0.25, 0.3) is 5.91 Å². The normalized spacial score (nSPS) is 19.5. The van der Waals surface area contributed by atoms with Crippen LogP contribution in [0.5, 0.6) is 0 Å². The van der Waals surface area contributed by atoms with Crippen molar-refractivity contribution in [3.8, 4) is 0 Å². The van der Waals surface area contributed by atoms with E-state index in [1.54, 1.807) is 12.1 Å². The number of hydrogen-bond donors (Lipinski definition) is 3. The zero-order valence-electron chi connectivity index (χ0n) is 17.8. The van der Waals surface area contributed by atoms with E-state index in [4.69, 9.17) is 16.7 Å². The summed E-state index contributed by atoms with van der Waals surface area (Å²) in [5, 5.41) is 15.9. The highest BCUT2D eigenvalue weighted by atomic mass is 35.5. The number of carboxylic acid groups (broad SMARTS) is 1. The predicted molar refractivity (Wildman–Crippen MR) is 120 cm³/mol. The van der Waals surface area contributed by atoms with Gasteiger partial charge >= 0.3 is 5.97 Å². The van der Waals surface area contributed by atoms with Gasteiger partial charge in [-0.05, 0) is 93.0 Å². The van der Waals surface area contributed by atoms with Crippen LogP contribution in [0.1, 0.15) is 60.1 Å². The number of benzene rings is 2. The number of aryl methyl sites for hydroxylation is 1. The van der Waals surface area contributed by atoms with E-state index >= 15 is 0 Å². The molecule has 0 radical (unpaired) electrons. The molecule has 0 unspecified atom stereocenters. The Morgan fingerprint density at radius 1 is 1.16 bits per heavy atom. The topological polar surface area (TPSA) is 78.4 Å². The minimum Gasteiger partial charge on any atom is -0.481 e. The predicted octanol–water partition coefficient (Wildman–Crippen LogP) is 5.58. The summed E-state index contributed by atoms with van der Waals surface area (Å²) in [4.78, 5) is 23.6. The Morgan fingerprint density at radius 3 is 2.52 bits per heavy atom. The molecular formula is C24H28ClFN2O3. The lowest BCUT2D eigenvalue weighted by atomic mass is 9.82. The molecule has 3 rings (SSSR count). The number of carbonyl (C=O) groups excluding carboxylic acids is 1. The van der Waals surface area contributed by atoms with E-state index in [0.29, 0.717) is 41.5 Å². The summed E-state index contributed by atoms with van der Waals surface area (Å²) in [7, 11) is 0. The molecule has 0 aromatic heterocycles. The number of carbonyl (C=O) groups is 2. The van der Waals surface area contributed by atoms with Crippen molar-refractivity contribution >= 4 is 29.2 Å². The number of carboxylic acids is 1. The van der Waals surface area contributed by atoms with Crippen LogP contribution in [0.25, 0.3) is 0 Å². The van der Waals surface area contributed by atoms with Crippen LogP contribution < -0.4 is 10.6 Å². The van der Waals surface area contributed by atoms with Gasteiger partial charge in [0.05, 0.1) is 12.0 Å². The third-order valence-electron chi connectivity index (χ3n) is 6.03. The first kappa shape index (κ1) is 23.1. The number of hydrogen-bond acceptors (Lipinski definition) is 3. The van der Waals surface area contributed by atoms with E-state index in [-0.39, 0.29) is 23.7 Å². The fourth-order valence-electron chi connectivity index (χ4n) is 4.08. The Bertz CT molecular complexity index is 958. The summed E-state index contributed by atoms with van der Waals surface area (Å²) >= 11 is 6.20. The maximum Gasteiger partial charge on any atom is 0.306 e. The standard InChI is InChI=1S/C24H28ClFN2O3/c1-14-11-18(23(29)27-13-16-3-5-17(6-4-16)24(30)31)7-10-22(14)28-15(2)20-12-19(26)8-9-21(20)25/h7-12,15-17,28H,3-6,13H2,1-2H3,(H,27,29)(H,30,31)/t15-,16-,17-/m0/s1. The molecule has 31 heavy (non-hydrogen) atoms. The molecule has 0 aliphatic heterocycles. The highest BCUT2D eigenvalue weighted by Gasteiger charge is 2.26. The molecule has 166 valence electrons. The Hall–Kier alpha value is -2.60. The Labute approximate surface area is 187 Å². The molecule has 1 saturated carbocycles. The molecule has 3 N–H and O–H groups in total. The van der Waals surface area contributed by atoms with Gasteiger partial charge in [0.2, 0.25) is 0 Å². The van der Waals surface area contributed by atoms with Crippen LogP contribution in [-0.2, 0) is 4.79 Å². The molecule has 1 aliphatic rings. The zero-order valence-corrected chi connectivity index (χ0v) is 18.5. The number of aliphatic carboxylic acids is 1. The Balaban J connectivity index is 1.57. The molecule has 0 spiro atoms. The maximum atomic E-state index is 13.6. The quantitative estimate of drug-likeness (QED) is 0.518. The lowest BCUT2D eigenvalue weighted by molar-refractivity contribution is -0.143. The molecule has 7 heteroatoms. The van der Waals surface area contributed by atoms with Crippen molar-refractivity contribution in [2.75, 3.05) is 11.9 Å². The third-order valence-corrected chi connectivity index (χ3v) is 6.38. The van der Waals surface area contributed by atoms with Crippen LogP contribution >= 0.6 is 11.6 Å². The third kappa shape index (κ3) is 5.97. The highest BCUT2D eigenvalue weighted by molar-refractivity contribution is 6.31. The van der Waals surface area contributed by atoms with Crippen molar-refractivity contribution in [2.24, 2.45) is 11.8 Å². The second kappa shape index (κ2) is 10.1. The molecular weight excluding hydrogens is 419 g/mol. The molecule has 0 heterocycles. The van der Waals surface area contributed by atoms with Crippen molar-refractivity contribution in [1.82, 2.24) is 5.32 Å². The summed E-state index contributed by atoms with van der Waals surface area (Å²) in [6.45, 7) is 4.37. The monoisotopic (exact) mass is 446 g/mol. The summed E-state index contributed by atoms with van der Waals surface area (Å²) in [6, 6.07) is 9.49. The Kier molecular flexibility index (Phi) is 7.55. The van der Waals surface area contributed by atoms with Crippen LogP contribution in [0.4, 0.5) is 10.1 Å². The van der Waals surface area contributed by atoms with Crippen molar-refractivity contribution in [1.29, 1.82) is 0 Å². The number of amides is 1. The fourth-order valence-corrected chi connectivity index (χ4v) is 4.36. The van der Waals surface area contributed by atoms with E-state index in [1.807, 2.05) is 26.0 Å². The highest BCUT2D eigenvalue weighted by Crippen LogP contribution is 2.30. The first-order valence-electron chi connectivity index (χ1n) is 10.6. The largest absolute Gasteiger partial charge is 0.481 e. The average molecular weight is 447 g/mol. The van der Waals surface area contributed by atoms with Crippen molar-refractivity contribution in [2.45, 2.75) is 45.6 Å². The lowest BCUT2D eigenvalue weighted by Crippen LogP contribution is -2.32. The molecule has 1 aliphatic carbocycles. The van der Waals surface area contributed by atoms with Gasteiger partial charge in [-0.1, -0.05) is 11.6 Å². The van der Waals surface area contributed by atoms with Gasteiger partial charge in [0.15, 0.2) is 0 Å². The summed E-state index contributed by atoms with van der Waals surface area (Å²) in [5.74, 6) is -1.14. The van der Waals surface area contributed by atoms with Gasteiger partial charge in [-0.25, -0.2) is 4.39 Å². The number of halogens is 2. The number of rotatable bonds is 7. The molecule has 2 aromatic rings. The van der Waals surface area contributed by atoms with Crippen molar-refractivity contribution in [3.63, 3.8) is 0 Å².